The third-order valence-electron chi connectivity index (χ3n) is 3.95. The van der Waals surface area contributed by atoms with Crippen molar-refractivity contribution < 1.29 is 0 Å². The molecule has 0 spiro atoms. The fraction of sp³-hybridized carbons (Fsp3) is 0.421. The monoisotopic (exact) mass is 267 g/mol. The van der Waals surface area contributed by atoms with Crippen LogP contribution in [0.5, 0.6) is 0 Å². The number of fused-ring (bicyclic) bond motifs is 1. The van der Waals surface area contributed by atoms with Crippen LogP contribution in [-0.4, -0.2) is 11.8 Å². The molecule has 0 N–H and O–H groups in total. The average molecular weight is 267 g/mol. The molecule has 0 aromatic heterocycles. The van der Waals surface area contributed by atoms with Crippen molar-refractivity contribution in [1.82, 2.24) is 0 Å². The summed E-state index contributed by atoms with van der Waals surface area (Å²) < 4.78 is 0. The van der Waals surface area contributed by atoms with E-state index < -0.39 is 0 Å². The van der Waals surface area contributed by atoms with Crippen LogP contribution in [0.3, 0.4) is 0 Å². The number of hydrogen-bond donors (Lipinski definition) is 0. The maximum atomic E-state index is 4.82. The van der Waals surface area contributed by atoms with Gasteiger partial charge in [0.25, 0.3) is 0 Å². The first-order valence-electron chi connectivity index (χ1n) is 7.51. The zero-order chi connectivity index (χ0) is 14.6. The first-order valence-corrected chi connectivity index (χ1v) is 7.51. The fourth-order valence-electron chi connectivity index (χ4n) is 3.03. The Kier molecular flexibility index (Phi) is 4.59. The highest BCUT2D eigenvalue weighted by Gasteiger charge is 2.34. The van der Waals surface area contributed by atoms with E-state index in [0.29, 0.717) is 12.0 Å². The summed E-state index contributed by atoms with van der Waals surface area (Å²) in [6.45, 7) is 8.68. The van der Waals surface area contributed by atoms with Gasteiger partial charge in [-0.1, -0.05) is 55.5 Å². The molecule has 1 nitrogen and oxygen atoms in total. The van der Waals surface area contributed by atoms with E-state index in [4.69, 9.17) is 4.99 Å². The molecule has 1 heteroatoms. The molecule has 0 radical (unpaired) electrons. The summed E-state index contributed by atoms with van der Waals surface area (Å²) in [4.78, 5) is 4.82. The minimum absolute atomic E-state index is 0.0495. The Hall–Kier alpha value is -1.63. The van der Waals surface area contributed by atoms with Crippen LogP contribution in [0.15, 0.2) is 65.2 Å². The van der Waals surface area contributed by atoms with Gasteiger partial charge in [0, 0.05) is 17.4 Å². The summed E-state index contributed by atoms with van der Waals surface area (Å²) in [5, 5.41) is 0. The summed E-state index contributed by atoms with van der Waals surface area (Å²) in [6, 6.07) is 0.318. The normalized spacial score (nSPS) is 34.8. The van der Waals surface area contributed by atoms with Crippen molar-refractivity contribution in [2.24, 2.45) is 16.3 Å². The van der Waals surface area contributed by atoms with E-state index in [1.54, 1.807) is 0 Å². The Morgan fingerprint density at radius 1 is 1.30 bits per heavy atom. The highest BCUT2D eigenvalue weighted by atomic mass is 14.8. The van der Waals surface area contributed by atoms with Crippen molar-refractivity contribution in [3.05, 3.63) is 60.3 Å². The fourth-order valence-corrected chi connectivity index (χ4v) is 3.03. The molecule has 106 valence electrons. The molecule has 2 unspecified atom stereocenters. The number of nitrogens with zero attached hydrogens (tertiary/aromatic N) is 1. The second-order valence-electron chi connectivity index (χ2n) is 6.03. The molecule has 0 aliphatic heterocycles. The summed E-state index contributed by atoms with van der Waals surface area (Å²) in [5.41, 5.74) is 2.55. The first kappa shape index (κ1) is 14.8. The lowest BCUT2D eigenvalue weighted by atomic mass is 9.68. The number of allylic oxidation sites excluding steroid dienone is 10. The van der Waals surface area contributed by atoms with Crippen molar-refractivity contribution in [3.63, 3.8) is 0 Å². The molecule has 0 saturated carbocycles. The SMILES string of the molecule is CC=CC1(C)/C=C\C=C/C(=NC(C)C)C2=CC=CCC21. The first-order chi connectivity index (χ1) is 9.57. The zero-order valence-corrected chi connectivity index (χ0v) is 13.0. The predicted octanol–water partition coefficient (Wildman–Crippen LogP) is 5.05. The quantitative estimate of drug-likeness (QED) is 0.621. The van der Waals surface area contributed by atoms with E-state index in [0.717, 1.165) is 12.1 Å². The molecular weight excluding hydrogens is 242 g/mol. The molecule has 0 saturated heterocycles. The molecule has 0 fully saturated rings. The number of aliphatic imine (C=N–C) groups is 1. The summed E-state index contributed by atoms with van der Waals surface area (Å²) >= 11 is 0. The minimum atomic E-state index is 0.0495. The third-order valence-corrected chi connectivity index (χ3v) is 3.95. The lowest BCUT2D eigenvalue weighted by Crippen LogP contribution is -2.29. The van der Waals surface area contributed by atoms with Gasteiger partial charge >= 0.3 is 0 Å². The molecule has 2 aliphatic rings. The van der Waals surface area contributed by atoms with Crippen molar-refractivity contribution in [1.29, 1.82) is 0 Å². The third kappa shape index (κ3) is 3.09. The Bertz CT molecular complexity index is 526. The molecular formula is C19H25N. The van der Waals surface area contributed by atoms with E-state index in [-0.39, 0.29) is 5.41 Å². The summed E-state index contributed by atoms with van der Waals surface area (Å²) in [7, 11) is 0. The molecule has 2 aliphatic carbocycles. The lowest BCUT2D eigenvalue weighted by molar-refractivity contribution is 0.383. The van der Waals surface area contributed by atoms with Gasteiger partial charge < -0.3 is 0 Å². The van der Waals surface area contributed by atoms with Crippen molar-refractivity contribution in [3.8, 4) is 0 Å². The van der Waals surface area contributed by atoms with E-state index in [1.165, 1.54) is 5.57 Å². The molecule has 0 aromatic rings. The minimum Gasteiger partial charge on any atom is -0.282 e. The van der Waals surface area contributed by atoms with E-state index in [9.17, 15) is 0 Å². The average Bonchev–Trinajstić information content (AvgIpc) is 2.41. The zero-order valence-electron chi connectivity index (χ0n) is 13.0. The standard InChI is InChI=1S/C19H25N/c1-5-13-19(4)14-9-8-12-18(20-15(2)3)16-10-6-7-11-17(16)19/h5-10,12-15,17H,11H2,1-4H3/b12-8-,13-5?,14-9-,20-18?. The van der Waals surface area contributed by atoms with Crippen molar-refractivity contribution >= 4 is 5.71 Å². The van der Waals surface area contributed by atoms with Gasteiger partial charge in [0.15, 0.2) is 0 Å². The highest BCUT2D eigenvalue weighted by Crippen LogP contribution is 2.41. The van der Waals surface area contributed by atoms with E-state index >= 15 is 0 Å². The Morgan fingerprint density at radius 3 is 2.80 bits per heavy atom. The second-order valence-corrected chi connectivity index (χ2v) is 6.03. The largest absolute Gasteiger partial charge is 0.282 e. The number of rotatable bonds is 2. The Balaban J connectivity index is 2.54. The van der Waals surface area contributed by atoms with Gasteiger partial charge in [0.2, 0.25) is 0 Å². The van der Waals surface area contributed by atoms with Crippen LogP contribution in [0.25, 0.3) is 0 Å². The van der Waals surface area contributed by atoms with E-state index in [1.807, 2.05) is 0 Å². The van der Waals surface area contributed by atoms with Crippen LogP contribution < -0.4 is 0 Å². The summed E-state index contributed by atoms with van der Waals surface area (Å²) in [5.74, 6) is 0.461. The molecule has 2 atom stereocenters. The van der Waals surface area contributed by atoms with E-state index in [2.05, 4.69) is 82.4 Å². The smallest absolute Gasteiger partial charge is 0.0612 e. The predicted molar refractivity (Wildman–Crippen MR) is 89.1 cm³/mol. The van der Waals surface area contributed by atoms with Gasteiger partial charge in [-0.3, -0.25) is 4.99 Å². The van der Waals surface area contributed by atoms with Crippen LogP contribution in [0, 0.1) is 11.3 Å². The van der Waals surface area contributed by atoms with Gasteiger partial charge in [-0.2, -0.15) is 0 Å². The van der Waals surface area contributed by atoms with Gasteiger partial charge in [-0.15, -0.1) is 0 Å². The van der Waals surface area contributed by atoms with Crippen LogP contribution in [0.2, 0.25) is 0 Å². The molecule has 0 heterocycles. The molecule has 0 bridgehead atoms. The molecule has 20 heavy (non-hydrogen) atoms. The van der Waals surface area contributed by atoms with Crippen molar-refractivity contribution in [2.75, 3.05) is 0 Å². The van der Waals surface area contributed by atoms with Crippen molar-refractivity contribution in [2.45, 2.75) is 40.2 Å². The number of hydrogen-bond acceptors (Lipinski definition) is 1. The maximum Gasteiger partial charge on any atom is 0.0612 e. The topological polar surface area (TPSA) is 12.4 Å². The van der Waals surface area contributed by atoms with Gasteiger partial charge in [-0.05, 0) is 38.8 Å². The lowest BCUT2D eigenvalue weighted by Gasteiger charge is -2.36. The van der Waals surface area contributed by atoms with Crippen LogP contribution in [0.1, 0.15) is 34.1 Å². The summed E-state index contributed by atoms with van der Waals surface area (Å²) in [6.07, 6.45) is 20.9. The Morgan fingerprint density at radius 2 is 2.10 bits per heavy atom. The molecule has 2 rings (SSSR count). The van der Waals surface area contributed by atoms with Gasteiger partial charge in [0.1, 0.15) is 0 Å². The molecule has 0 aromatic carbocycles. The van der Waals surface area contributed by atoms with Gasteiger partial charge in [0.05, 0.1) is 5.71 Å². The Labute approximate surface area is 123 Å². The maximum absolute atomic E-state index is 4.82. The van der Waals surface area contributed by atoms with Crippen LogP contribution in [-0.2, 0) is 0 Å². The second kappa shape index (κ2) is 6.21. The highest BCUT2D eigenvalue weighted by molar-refractivity contribution is 6.09. The van der Waals surface area contributed by atoms with Crippen LogP contribution in [0.4, 0.5) is 0 Å². The van der Waals surface area contributed by atoms with Gasteiger partial charge in [-0.25, -0.2) is 0 Å². The van der Waals surface area contributed by atoms with Crippen LogP contribution >= 0.6 is 0 Å². The molecule has 0 amide bonds.